The predicted octanol–water partition coefficient (Wildman–Crippen LogP) is 2.52. The van der Waals surface area contributed by atoms with E-state index in [-0.39, 0.29) is 11.8 Å². The maximum Gasteiger partial charge on any atom is 0.235 e. The van der Waals surface area contributed by atoms with E-state index in [1.54, 1.807) is 0 Å². The van der Waals surface area contributed by atoms with E-state index in [1.807, 2.05) is 24.4 Å². The van der Waals surface area contributed by atoms with Gasteiger partial charge in [0.1, 0.15) is 5.41 Å². The maximum atomic E-state index is 12.4. The molecule has 24 heavy (non-hydrogen) atoms. The first-order valence-corrected chi connectivity index (χ1v) is 8.79. The van der Waals surface area contributed by atoms with Crippen LogP contribution in [0.4, 0.5) is 0 Å². The van der Waals surface area contributed by atoms with Crippen molar-refractivity contribution in [3.63, 3.8) is 0 Å². The van der Waals surface area contributed by atoms with Crippen molar-refractivity contribution < 1.29 is 9.59 Å². The second-order valence-corrected chi connectivity index (χ2v) is 6.56. The van der Waals surface area contributed by atoms with Crippen LogP contribution in [-0.2, 0) is 16.0 Å². The molecule has 128 valence electrons. The summed E-state index contributed by atoms with van der Waals surface area (Å²) in [4.78, 5) is 27.9. The van der Waals surface area contributed by atoms with E-state index in [0.29, 0.717) is 25.9 Å². The predicted molar refractivity (Wildman–Crippen MR) is 94.6 cm³/mol. The third-order valence-electron chi connectivity index (χ3n) is 4.79. The van der Waals surface area contributed by atoms with Gasteiger partial charge in [-0.1, -0.05) is 31.5 Å². The van der Waals surface area contributed by atoms with Gasteiger partial charge < -0.3 is 15.6 Å². The highest BCUT2D eigenvalue weighted by atomic mass is 16.2. The lowest BCUT2D eigenvalue weighted by atomic mass is 10.0. The van der Waals surface area contributed by atoms with Gasteiger partial charge in [0.05, 0.1) is 0 Å². The van der Waals surface area contributed by atoms with Crippen molar-refractivity contribution in [2.24, 2.45) is 5.41 Å². The summed E-state index contributed by atoms with van der Waals surface area (Å²) in [6, 6.07) is 8.13. The molecule has 1 fully saturated rings. The largest absolute Gasteiger partial charge is 0.361 e. The number of nitrogens with one attached hydrogen (secondary N) is 3. The molecule has 1 aliphatic rings. The van der Waals surface area contributed by atoms with Gasteiger partial charge in [-0.05, 0) is 37.3 Å². The molecule has 2 amide bonds. The summed E-state index contributed by atoms with van der Waals surface area (Å²) in [6.07, 6.45) is 6.03. The molecule has 1 aromatic heterocycles. The normalized spacial score (nSPS) is 15.2. The Morgan fingerprint density at radius 2 is 1.83 bits per heavy atom. The number of unbranched alkanes of at least 4 members (excludes halogenated alkanes) is 1. The molecule has 0 saturated heterocycles. The van der Waals surface area contributed by atoms with Crippen LogP contribution in [0, 0.1) is 5.41 Å². The van der Waals surface area contributed by atoms with Crippen molar-refractivity contribution in [1.82, 2.24) is 15.6 Å². The van der Waals surface area contributed by atoms with Gasteiger partial charge in [-0.25, -0.2) is 0 Å². The Balaban J connectivity index is 1.51. The number of aromatic amines is 1. The van der Waals surface area contributed by atoms with Gasteiger partial charge >= 0.3 is 0 Å². The maximum absolute atomic E-state index is 12.4. The summed E-state index contributed by atoms with van der Waals surface area (Å²) >= 11 is 0. The van der Waals surface area contributed by atoms with Crippen molar-refractivity contribution in [2.45, 2.75) is 39.0 Å². The standard InChI is InChI=1S/C19H25N3O2/c1-2-3-11-20-17(23)19(9-10-19)18(24)21-12-8-14-13-22-16-7-5-4-6-15(14)16/h4-7,13,22H,2-3,8-12H2,1H3,(H,20,23)(H,21,24). The Morgan fingerprint density at radius 3 is 2.54 bits per heavy atom. The number of hydrogen-bond donors (Lipinski definition) is 3. The first-order chi connectivity index (χ1) is 11.7. The molecule has 5 heteroatoms. The Bertz CT molecular complexity index is 731. The van der Waals surface area contributed by atoms with Gasteiger partial charge in [-0.2, -0.15) is 0 Å². The fourth-order valence-corrected chi connectivity index (χ4v) is 3.05. The number of benzene rings is 1. The van der Waals surface area contributed by atoms with Crippen molar-refractivity contribution in [3.8, 4) is 0 Å². The van der Waals surface area contributed by atoms with E-state index in [0.717, 1.165) is 24.8 Å². The summed E-state index contributed by atoms with van der Waals surface area (Å²) in [6.45, 7) is 3.28. The molecule has 1 aromatic carbocycles. The van der Waals surface area contributed by atoms with Crippen LogP contribution in [0.5, 0.6) is 0 Å². The third kappa shape index (κ3) is 3.30. The number of H-pyrrole nitrogens is 1. The summed E-state index contributed by atoms with van der Waals surface area (Å²) in [5.41, 5.74) is 1.48. The fraction of sp³-hybridized carbons (Fsp3) is 0.474. The first kappa shape index (κ1) is 16.6. The zero-order valence-electron chi connectivity index (χ0n) is 14.2. The van der Waals surface area contributed by atoms with E-state index >= 15 is 0 Å². The van der Waals surface area contributed by atoms with Crippen LogP contribution in [0.1, 0.15) is 38.2 Å². The van der Waals surface area contributed by atoms with Crippen LogP contribution in [0.3, 0.4) is 0 Å². The quantitative estimate of drug-likeness (QED) is 0.515. The summed E-state index contributed by atoms with van der Waals surface area (Å²) in [5, 5.41) is 7.02. The van der Waals surface area contributed by atoms with Crippen LogP contribution in [-0.4, -0.2) is 29.9 Å². The van der Waals surface area contributed by atoms with Crippen LogP contribution >= 0.6 is 0 Å². The van der Waals surface area contributed by atoms with Gasteiger partial charge in [0.25, 0.3) is 0 Å². The smallest absolute Gasteiger partial charge is 0.235 e. The van der Waals surface area contributed by atoms with Crippen LogP contribution in [0.2, 0.25) is 0 Å². The SMILES string of the molecule is CCCCNC(=O)C1(C(=O)NCCc2c[nH]c3ccccc23)CC1. The molecule has 3 N–H and O–H groups in total. The molecule has 1 saturated carbocycles. The number of carbonyl (C=O) groups excluding carboxylic acids is 2. The molecule has 0 spiro atoms. The molecule has 1 aliphatic carbocycles. The number of amides is 2. The van der Waals surface area contributed by atoms with Crippen LogP contribution < -0.4 is 10.6 Å². The molecule has 5 nitrogen and oxygen atoms in total. The number of aromatic nitrogens is 1. The first-order valence-electron chi connectivity index (χ1n) is 8.79. The zero-order chi connectivity index (χ0) is 17.0. The highest BCUT2D eigenvalue weighted by molar-refractivity contribution is 6.07. The van der Waals surface area contributed by atoms with Crippen molar-refractivity contribution >= 4 is 22.7 Å². The van der Waals surface area contributed by atoms with Crippen LogP contribution in [0.15, 0.2) is 30.5 Å². The lowest BCUT2D eigenvalue weighted by molar-refractivity contribution is -0.137. The van der Waals surface area contributed by atoms with E-state index in [2.05, 4.69) is 28.6 Å². The number of para-hydroxylation sites is 1. The Kier molecular flexibility index (Phi) is 4.88. The molecule has 2 aromatic rings. The number of fused-ring (bicyclic) bond motifs is 1. The molecule has 0 atom stereocenters. The molecule has 1 heterocycles. The molecular formula is C19H25N3O2. The molecule has 0 aliphatic heterocycles. The van der Waals surface area contributed by atoms with Crippen molar-refractivity contribution in [1.29, 1.82) is 0 Å². The average molecular weight is 327 g/mol. The van der Waals surface area contributed by atoms with Gasteiger partial charge in [0.2, 0.25) is 11.8 Å². The molecular weight excluding hydrogens is 302 g/mol. The Morgan fingerprint density at radius 1 is 1.12 bits per heavy atom. The Labute approximate surface area is 142 Å². The molecule has 3 rings (SSSR count). The highest BCUT2D eigenvalue weighted by Crippen LogP contribution is 2.46. The van der Waals surface area contributed by atoms with Crippen molar-refractivity contribution in [2.75, 3.05) is 13.1 Å². The summed E-state index contributed by atoms with van der Waals surface area (Å²) in [7, 11) is 0. The van der Waals surface area contributed by atoms with E-state index in [4.69, 9.17) is 0 Å². The van der Waals surface area contributed by atoms with E-state index in [9.17, 15) is 9.59 Å². The topological polar surface area (TPSA) is 74.0 Å². The summed E-state index contributed by atoms with van der Waals surface area (Å²) in [5.74, 6) is -0.239. The number of hydrogen-bond acceptors (Lipinski definition) is 2. The number of carbonyl (C=O) groups is 2. The fourth-order valence-electron chi connectivity index (χ4n) is 3.05. The average Bonchev–Trinajstić information content (AvgIpc) is 3.32. The molecule has 0 unspecified atom stereocenters. The molecule has 0 radical (unpaired) electrons. The minimum absolute atomic E-state index is 0.111. The second-order valence-electron chi connectivity index (χ2n) is 6.56. The molecule has 0 bridgehead atoms. The van der Waals surface area contributed by atoms with E-state index < -0.39 is 5.41 Å². The van der Waals surface area contributed by atoms with Gasteiger partial charge in [-0.15, -0.1) is 0 Å². The number of rotatable bonds is 8. The van der Waals surface area contributed by atoms with E-state index in [1.165, 1.54) is 10.9 Å². The van der Waals surface area contributed by atoms with Gasteiger partial charge in [-0.3, -0.25) is 9.59 Å². The lowest BCUT2D eigenvalue weighted by Gasteiger charge is -2.15. The summed E-state index contributed by atoms with van der Waals surface area (Å²) < 4.78 is 0. The minimum atomic E-state index is -0.812. The monoisotopic (exact) mass is 327 g/mol. The van der Waals surface area contributed by atoms with Crippen LogP contribution in [0.25, 0.3) is 10.9 Å². The second kappa shape index (κ2) is 7.07. The minimum Gasteiger partial charge on any atom is -0.361 e. The lowest BCUT2D eigenvalue weighted by Crippen LogP contribution is -2.43. The third-order valence-corrected chi connectivity index (χ3v) is 4.79. The van der Waals surface area contributed by atoms with Gasteiger partial charge in [0.15, 0.2) is 0 Å². The van der Waals surface area contributed by atoms with Gasteiger partial charge in [0, 0.05) is 30.2 Å². The Hall–Kier alpha value is -2.30. The van der Waals surface area contributed by atoms with Crippen molar-refractivity contribution in [3.05, 3.63) is 36.0 Å². The highest BCUT2D eigenvalue weighted by Gasteiger charge is 2.56. The zero-order valence-corrected chi connectivity index (χ0v) is 14.2.